The third-order valence-electron chi connectivity index (χ3n) is 5.71. The molecule has 2 heterocycles. The Bertz CT molecular complexity index is 1370. The van der Waals surface area contributed by atoms with Gasteiger partial charge < -0.3 is 10.6 Å². The average molecular weight is 425 g/mol. The number of aryl methyl sites for hydroxylation is 2. The molecule has 0 spiro atoms. The van der Waals surface area contributed by atoms with Crippen molar-refractivity contribution < 1.29 is 0 Å². The average Bonchev–Trinajstić information content (AvgIpc) is 3.24. The second-order valence-corrected chi connectivity index (χ2v) is 8.59. The van der Waals surface area contributed by atoms with Crippen LogP contribution in [0.3, 0.4) is 0 Å². The van der Waals surface area contributed by atoms with Gasteiger partial charge in [-0.2, -0.15) is 0 Å². The van der Waals surface area contributed by atoms with Crippen LogP contribution in [-0.2, 0) is 0 Å². The van der Waals surface area contributed by atoms with E-state index in [0.717, 1.165) is 34.8 Å². The molecule has 4 nitrogen and oxygen atoms in total. The summed E-state index contributed by atoms with van der Waals surface area (Å²) >= 11 is 1.66. The molecular weight excluding hydrogens is 400 g/mol. The highest BCUT2D eigenvalue weighted by atomic mass is 32.1. The molecule has 5 rings (SSSR count). The Morgan fingerprint density at radius 1 is 0.839 bits per heavy atom. The van der Waals surface area contributed by atoms with E-state index in [4.69, 9.17) is 0 Å². The summed E-state index contributed by atoms with van der Waals surface area (Å²) in [6.45, 7) is 5.85. The first-order valence-electron chi connectivity index (χ1n) is 10.5. The number of aromatic nitrogens is 2. The highest BCUT2D eigenvalue weighted by Gasteiger charge is 2.13. The molecule has 0 unspecified atom stereocenters. The smallest absolute Gasteiger partial charge is 0.138 e. The van der Waals surface area contributed by atoms with Crippen molar-refractivity contribution in [1.82, 2.24) is 9.97 Å². The van der Waals surface area contributed by atoms with E-state index in [2.05, 4.69) is 100 Å². The van der Waals surface area contributed by atoms with Crippen molar-refractivity contribution in [2.75, 3.05) is 23.7 Å². The van der Waals surface area contributed by atoms with Gasteiger partial charge in [-0.15, -0.1) is 11.3 Å². The molecule has 31 heavy (non-hydrogen) atoms. The molecule has 5 aromatic rings. The van der Waals surface area contributed by atoms with Crippen molar-refractivity contribution >= 4 is 43.8 Å². The molecule has 0 radical (unpaired) electrons. The molecule has 3 aromatic carbocycles. The number of nitrogens with zero attached hydrogens (tertiary/aromatic N) is 2. The fourth-order valence-corrected chi connectivity index (χ4v) is 4.80. The van der Waals surface area contributed by atoms with Crippen LogP contribution in [-0.4, -0.2) is 23.1 Å². The molecule has 0 aliphatic heterocycles. The van der Waals surface area contributed by atoms with Gasteiger partial charge in [0.2, 0.25) is 0 Å². The third-order valence-corrected chi connectivity index (χ3v) is 6.60. The zero-order chi connectivity index (χ0) is 21.2. The fourth-order valence-electron chi connectivity index (χ4n) is 3.89. The van der Waals surface area contributed by atoms with Crippen LogP contribution in [0.2, 0.25) is 0 Å². The van der Waals surface area contributed by atoms with Gasteiger partial charge >= 0.3 is 0 Å². The number of thiophene rings is 1. The normalized spacial score (nSPS) is 11.2. The van der Waals surface area contributed by atoms with Gasteiger partial charge in [0, 0.05) is 35.1 Å². The lowest BCUT2D eigenvalue weighted by Crippen LogP contribution is -2.14. The van der Waals surface area contributed by atoms with E-state index in [1.165, 1.54) is 33.0 Å². The third kappa shape index (κ3) is 3.84. The van der Waals surface area contributed by atoms with E-state index in [1.54, 1.807) is 17.7 Å². The molecule has 0 saturated heterocycles. The first-order chi connectivity index (χ1) is 15.2. The lowest BCUT2D eigenvalue weighted by atomic mass is 10.0. The SMILES string of the molecule is Cc1ccc(-c2csc3ncnc(NCCNc4cccc5ccccc45)c23)cc1C. The quantitative estimate of drug-likeness (QED) is 0.300. The number of benzene rings is 3. The van der Waals surface area contributed by atoms with E-state index < -0.39 is 0 Å². The van der Waals surface area contributed by atoms with Crippen LogP contribution in [0, 0.1) is 13.8 Å². The van der Waals surface area contributed by atoms with Crippen molar-refractivity contribution in [2.24, 2.45) is 0 Å². The largest absolute Gasteiger partial charge is 0.383 e. The lowest BCUT2D eigenvalue weighted by Gasteiger charge is -2.12. The minimum absolute atomic E-state index is 0.761. The van der Waals surface area contributed by atoms with Gasteiger partial charge in [0.25, 0.3) is 0 Å². The monoisotopic (exact) mass is 424 g/mol. The number of hydrogen-bond acceptors (Lipinski definition) is 5. The topological polar surface area (TPSA) is 49.8 Å². The Balaban J connectivity index is 1.36. The molecule has 0 aliphatic rings. The maximum absolute atomic E-state index is 4.56. The maximum Gasteiger partial charge on any atom is 0.138 e. The van der Waals surface area contributed by atoms with Crippen LogP contribution in [0.1, 0.15) is 11.1 Å². The van der Waals surface area contributed by atoms with E-state index in [9.17, 15) is 0 Å². The fraction of sp³-hybridized carbons (Fsp3) is 0.154. The standard InChI is InChI=1S/C26H24N4S/c1-17-10-11-20(14-18(17)2)22-15-31-26-24(22)25(29-16-30-26)28-13-12-27-23-9-5-7-19-6-3-4-8-21(19)23/h3-11,14-16,27H,12-13H2,1-2H3,(H,28,29,30). The predicted octanol–water partition coefficient (Wildman–Crippen LogP) is 6.65. The Hall–Kier alpha value is -3.44. The highest BCUT2D eigenvalue weighted by molar-refractivity contribution is 7.17. The van der Waals surface area contributed by atoms with Crippen LogP contribution in [0.25, 0.3) is 32.1 Å². The van der Waals surface area contributed by atoms with Crippen LogP contribution in [0.4, 0.5) is 11.5 Å². The summed E-state index contributed by atoms with van der Waals surface area (Å²) in [5, 5.41) is 12.8. The molecule has 2 aromatic heterocycles. The second-order valence-electron chi connectivity index (χ2n) is 7.73. The van der Waals surface area contributed by atoms with Crippen molar-refractivity contribution in [3.05, 3.63) is 83.5 Å². The molecule has 0 amide bonds. The summed E-state index contributed by atoms with van der Waals surface area (Å²) < 4.78 is 0. The summed E-state index contributed by atoms with van der Waals surface area (Å²) in [5.41, 5.74) is 6.15. The molecule has 2 N–H and O–H groups in total. The Morgan fingerprint density at radius 3 is 2.58 bits per heavy atom. The van der Waals surface area contributed by atoms with E-state index in [0.29, 0.717) is 0 Å². The summed E-state index contributed by atoms with van der Waals surface area (Å²) in [6.07, 6.45) is 1.64. The van der Waals surface area contributed by atoms with Crippen molar-refractivity contribution in [2.45, 2.75) is 13.8 Å². The summed E-state index contributed by atoms with van der Waals surface area (Å²) in [6, 6.07) is 21.4. The number of hydrogen-bond donors (Lipinski definition) is 2. The number of rotatable bonds is 6. The van der Waals surface area contributed by atoms with Gasteiger partial charge in [-0.05, 0) is 42.0 Å². The second kappa shape index (κ2) is 8.36. The van der Waals surface area contributed by atoms with E-state index in [-0.39, 0.29) is 0 Å². The molecule has 154 valence electrons. The number of fused-ring (bicyclic) bond motifs is 2. The summed E-state index contributed by atoms with van der Waals surface area (Å²) in [7, 11) is 0. The summed E-state index contributed by atoms with van der Waals surface area (Å²) in [4.78, 5) is 10.1. The Kier molecular flexibility index (Phi) is 5.26. The zero-order valence-electron chi connectivity index (χ0n) is 17.6. The van der Waals surface area contributed by atoms with Gasteiger partial charge in [0.15, 0.2) is 0 Å². The minimum atomic E-state index is 0.761. The Morgan fingerprint density at radius 2 is 1.68 bits per heavy atom. The first-order valence-corrected chi connectivity index (χ1v) is 11.3. The van der Waals surface area contributed by atoms with Gasteiger partial charge in [-0.3, -0.25) is 0 Å². The Labute approximate surface area is 186 Å². The van der Waals surface area contributed by atoms with Gasteiger partial charge in [-0.1, -0.05) is 54.6 Å². The van der Waals surface area contributed by atoms with Crippen LogP contribution < -0.4 is 10.6 Å². The van der Waals surface area contributed by atoms with Crippen molar-refractivity contribution in [1.29, 1.82) is 0 Å². The molecule has 0 bridgehead atoms. The molecule has 0 saturated carbocycles. The molecule has 0 atom stereocenters. The molecular formula is C26H24N4S. The molecule has 0 aliphatic carbocycles. The molecule has 5 heteroatoms. The number of nitrogens with one attached hydrogen (secondary N) is 2. The van der Waals surface area contributed by atoms with E-state index >= 15 is 0 Å². The summed E-state index contributed by atoms with van der Waals surface area (Å²) in [5.74, 6) is 0.888. The highest BCUT2D eigenvalue weighted by Crippen LogP contribution is 2.37. The number of anilines is 2. The van der Waals surface area contributed by atoms with Crippen molar-refractivity contribution in [3.8, 4) is 11.1 Å². The van der Waals surface area contributed by atoms with Crippen LogP contribution in [0.5, 0.6) is 0 Å². The molecule has 0 fully saturated rings. The van der Waals surface area contributed by atoms with Crippen LogP contribution >= 0.6 is 11.3 Å². The first kappa shape index (κ1) is 19.5. The van der Waals surface area contributed by atoms with Gasteiger partial charge in [0.05, 0.1) is 5.39 Å². The lowest BCUT2D eigenvalue weighted by molar-refractivity contribution is 1.06. The maximum atomic E-state index is 4.56. The van der Waals surface area contributed by atoms with Crippen LogP contribution in [0.15, 0.2) is 72.4 Å². The van der Waals surface area contributed by atoms with Crippen molar-refractivity contribution in [3.63, 3.8) is 0 Å². The zero-order valence-corrected chi connectivity index (χ0v) is 18.5. The predicted molar refractivity (Wildman–Crippen MR) is 133 cm³/mol. The van der Waals surface area contributed by atoms with E-state index in [1.807, 2.05) is 0 Å². The van der Waals surface area contributed by atoms with Gasteiger partial charge in [0.1, 0.15) is 17.0 Å². The minimum Gasteiger partial charge on any atom is -0.383 e. The van der Waals surface area contributed by atoms with Gasteiger partial charge in [-0.25, -0.2) is 9.97 Å².